The normalized spacial score (nSPS) is 17.1. The van der Waals surface area contributed by atoms with E-state index in [9.17, 15) is 24.0 Å². The number of allylic oxidation sites excluding steroid dienone is 2. The van der Waals surface area contributed by atoms with Gasteiger partial charge in [-0.05, 0) is 67.9 Å². The van der Waals surface area contributed by atoms with Crippen LogP contribution in [0, 0.1) is 35.5 Å². The summed E-state index contributed by atoms with van der Waals surface area (Å²) in [5.74, 6) is -2.37. The van der Waals surface area contributed by atoms with Crippen molar-refractivity contribution in [3.05, 3.63) is 83.4 Å². The summed E-state index contributed by atoms with van der Waals surface area (Å²) in [6.45, 7) is 17.0. The maximum atomic E-state index is 14.1. The van der Waals surface area contributed by atoms with Gasteiger partial charge in [0.25, 0.3) is 0 Å². The van der Waals surface area contributed by atoms with Crippen molar-refractivity contribution in [2.45, 2.75) is 118 Å². The Labute approximate surface area is 345 Å². The zero-order valence-corrected chi connectivity index (χ0v) is 36.2. The first-order chi connectivity index (χ1) is 27.1. The highest BCUT2D eigenvalue weighted by Gasteiger charge is 2.33. The Morgan fingerprint density at radius 3 is 2.14 bits per heavy atom. The van der Waals surface area contributed by atoms with Gasteiger partial charge >= 0.3 is 6.09 Å². The Balaban J connectivity index is 1.71. The molecule has 3 N–H and O–H groups in total. The molecule has 0 fully saturated rings. The second-order valence-corrected chi connectivity index (χ2v) is 17.8. The number of carbonyl (C=O) groups excluding carboxylic acids is 5. The van der Waals surface area contributed by atoms with E-state index in [1.807, 2.05) is 96.1 Å². The molecular weight excluding hydrogens is 737 g/mol. The Morgan fingerprint density at radius 1 is 0.877 bits per heavy atom. The molecule has 3 amide bonds. The molecule has 1 aliphatic heterocycles. The van der Waals surface area contributed by atoms with E-state index in [0.29, 0.717) is 29.8 Å². The fraction of sp³-hybridized carbons (Fsp3) is 0.565. The van der Waals surface area contributed by atoms with Crippen molar-refractivity contribution in [2.75, 3.05) is 13.1 Å². The number of alkyl carbamates (subject to hydrolysis) is 1. The average molecular weight is 803 g/mol. The van der Waals surface area contributed by atoms with Crippen molar-refractivity contribution in [2.24, 2.45) is 40.5 Å². The maximum Gasteiger partial charge on any atom is 0.407 e. The van der Waals surface area contributed by atoms with Crippen molar-refractivity contribution in [1.82, 2.24) is 16.0 Å². The van der Waals surface area contributed by atoms with Crippen LogP contribution < -0.4 is 16.0 Å². The molecule has 11 heteroatoms. The third-order valence-electron chi connectivity index (χ3n) is 10.5. The minimum Gasteiger partial charge on any atom is -0.445 e. The molecule has 0 spiro atoms. The topological polar surface area (TPSA) is 143 Å². The second-order valence-electron chi connectivity index (χ2n) is 16.4. The lowest BCUT2D eigenvalue weighted by atomic mass is 9.84. The average Bonchev–Trinajstić information content (AvgIpc) is 3.17. The number of amidine groups is 1. The lowest BCUT2D eigenvalue weighted by Gasteiger charge is -2.26. The van der Waals surface area contributed by atoms with Crippen LogP contribution in [0.25, 0.3) is 0 Å². The Kier molecular flexibility index (Phi) is 20.3. The van der Waals surface area contributed by atoms with Crippen LogP contribution in [0.4, 0.5) is 4.79 Å². The highest BCUT2D eigenvalue weighted by atomic mass is 32.2. The SMILES string of the molecule is C/C(=C\[C@@H](C)C(=O)C[C@H](C(=O)N[C@H](CCCNC(=O)OCc1ccccc1)C(=O)C[C@@H](CC(C)C)C(=O)NC1=NCCC(C)S1)C(C)C)[C@H](C)Cc1ccccc1. The van der Waals surface area contributed by atoms with Gasteiger partial charge in [0.1, 0.15) is 12.4 Å². The van der Waals surface area contributed by atoms with Crippen LogP contribution in [-0.4, -0.2) is 59.0 Å². The minimum atomic E-state index is -0.918. The molecule has 57 heavy (non-hydrogen) atoms. The van der Waals surface area contributed by atoms with Crippen molar-refractivity contribution in [1.29, 1.82) is 0 Å². The summed E-state index contributed by atoms with van der Waals surface area (Å²) in [5, 5.41) is 9.59. The molecule has 1 heterocycles. The van der Waals surface area contributed by atoms with Crippen molar-refractivity contribution >= 4 is 46.4 Å². The molecule has 0 saturated carbocycles. The van der Waals surface area contributed by atoms with Gasteiger partial charge in [0, 0.05) is 48.9 Å². The molecule has 6 atom stereocenters. The Hall–Kier alpha value is -4.25. The van der Waals surface area contributed by atoms with Gasteiger partial charge in [0.15, 0.2) is 11.0 Å². The molecule has 0 aromatic heterocycles. The number of ketones is 2. The third kappa shape index (κ3) is 17.4. The number of carbonyl (C=O) groups is 5. The monoisotopic (exact) mass is 802 g/mol. The number of hydrogen-bond donors (Lipinski definition) is 3. The van der Waals surface area contributed by atoms with E-state index in [-0.39, 0.29) is 79.5 Å². The van der Waals surface area contributed by atoms with E-state index in [0.717, 1.165) is 24.0 Å². The lowest BCUT2D eigenvalue weighted by Crippen LogP contribution is -2.47. The molecule has 312 valence electrons. The summed E-state index contributed by atoms with van der Waals surface area (Å²) in [5.41, 5.74) is 3.22. The minimum absolute atomic E-state index is 0.0355. The number of Topliss-reactive ketones (excluding diaryl/α,β-unsaturated/α-hetero) is 2. The van der Waals surface area contributed by atoms with Gasteiger partial charge in [-0.3, -0.25) is 24.2 Å². The summed E-state index contributed by atoms with van der Waals surface area (Å²) >= 11 is 1.52. The summed E-state index contributed by atoms with van der Waals surface area (Å²) in [7, 11) is 0. The molecule has 3 rings (SSSR count). The predicted octanol–water partition coefficient (Wildman–Crippen LogP) is 8.49. The molecule has 0 saturated heterocycles. The molecule has 0 radical (unpaired) electrons. The van der Waals surface area contributed by atoms with E-state index >= 15 is 0 Å². The molecule has 1 unspecified atom stereocenters. The van der Waals surface area contributed by atoms with Crippen molar-refractivity contribution in [3.8, 4) is 0 Å². The van der Waals surface area contributed by atoms with Crippen LogP contribution in [0.5, 0.6) is 0 Å². The summed E-state index contributed by atoms with van der Waals surface area (Å²) in [4.78, 5) is 72.3. The van der Waals surface area contributed by atoms with Crippen LogP contribution in [0.15, 0.2) is 77.3 Å². The molecule has 0 bridgehead atoms. The molecule has 1 aliphatic rings. The van der Waals surface area contributed by atoms with Crippen LogP contribution in [0.2, 0.25) is 0 Å². The number of rotatable bonds is 22. The summed E-state index contributed by atoms with van der Waals surface area (Å²) < 4.78 is 5.33. The van der Waals surface area contributed by atoms with Crippen LogP contribution in [0.1, 0.15) is 105 Å². The quantitative estimate of drug-likeness (QED) is 0.0801. The van der Waals surface area contributed by atoms with Crippen molar-refractivity contribution in [3.63, 3.8) is 0 Å². The second kappa shape index (κ2) is 24.5. The van der Waals surface area contributed by atoms with Crippen molar-refractivity contribution < 1.29 is 28.7 Å². The van der Waals surface area contributed by atoms with Gasteiger partial charge in [-0.2, -0.15) is 0 Å². The highest BCUT2D eigenvalue weighted by Crippen LogP contribution is 2.25. The van der Waals surface area contributed by atoms with Gasteiger partial charge in [-0.15, -0.1) is 0 Å². The van der Waals surface area contributed by atoms with Crippen LogP contribution in [0.3, 0.4) is 0 Å². The molecule has 0 aliphatic carbocycles. The fourth-order valence-electron chi connectivity index (χ4n) is 6.83. The van der Waals surface area contributed by atoms with Gasteiger partial charge < -0.3 is 20.7 Å². The van der Waals surface area contributed by atoms with Gasteiger partial charge in [-0.25, -0.2) is 4.79 Å². The summed E-state index contributed by atoms with van der Waals surface area (Å²) in [6, 6.07) is 18.7. The first-order valence-electron chi connectivity index (χ1n) is 20.7. The summed E-state index contributed by atoms with van der Waals surface area (Å²) in [6.07, 6.45) is 4.29. The first-order valence-corrected chi connectivity index (χ1v) is 21.5. The van der Waals surface area contributed by atoms with Gasteiger partial charge in [0.05, 0.1) is 6.04 Å². The number of ether oxygens (including phenoxy) is 1. The lowest BCUT2D eigenvalue weighted by molar-refractivity contribution is -0.135. The first kappa shape index (κ1) is 47.1. The number of aliphatic imine (C=N–C) groups is 1. The predicted molar refractivity (Wildman–Crippen MR) is 231 cm³/mol. The van der Waals surface area contributed by atoms with Crippen LogP contribution in [-0.2, 0) is 36.9 Å². The maximum absolute atomic E-state index is 14.1. The largest absolute Gasteiger partial charge is 0.445 e. The van der Waals surface area contributed by atoms with E-state index in [1.54, 1.807) is 0 Å². The molecular formula is C46H66N4O6S. The van der Waals surface area contributed by atoms with E-state index in [2.05, 4.69) is 46.9 Å². The Morgan fingerprint density at radius 2 is 1.53 bits per heavy atom. The number of nitrogens with zero attached hydrogens (tertiary/aromatic N) is 1. The number of nitrogens with one attached hydrogen (secondary N) is 3. The standard InChI is InChI=1S/C46H66N4O6S/c1-30(2)24-38(43(53)50-45-47-23-21-35(8)57-45)27-42(52)40(20-15-22-48-46(55)56-29-37-18-13-10-14-19-37)49-44(54)39(31(3)4)28-41(51)34(7)25-32(5)33(6)26-36-16-11-9-12-17-36/h9-14,16-19,25,30-31,33-35,38-40H,15,20-24,26-29H2,1-8H3,(H,48,55)(H,49,54)(H,47,50,53)/b32-25+/t33-,34-,35?,38-,39+,40-/m1/s1. The van der Waals surface area contributed by atoms with E-state index in [4.69, 9.17) is 4.74 Å². The molecule has 2 aromatic rings. The van der Waals surface area contributed by atoms with Gasteiger partial charge in [-0.1, -0.05) is 133 Å². The smallest absolute Gasteiger partial charge is 0.407 e. The highest BCUT2D eigenvalue weighted by molar-refractivity contribution is 8.14. The van der Waals surface area contributed by atoms with Crippen LogP contribution >= 0.6 is 11.8 Å². The third-order valence-corrected chi connectivity index (χ3v) is 11.6. The number of amides is 3. The van der Waals surface area contributed by atoms with E-state index in [1.165, 1.54) is 17.3 Å². The Bertz CT molecular complexity index is 1660. The van der Waals surface area contributed by atoms with E-state index < -0.39 is 24.0 Å². The molecule has 2 aromatic carbocycles. The number of benzene rings is 2. The molecule has 10 nitrogen and oxygen atoms in total. The zero-order chi connectivity index (χ0) is 41.9. The van der Waals surface area contributed by atoms with Gasteiger partial charge in [0.2, 0.25) is 11.8 Å². The zero-order valence-electron chi connectivity index (χ0n) is 35.3. The number of thioether (sulfide) groups is 1. The fourth-order valence-corrected chi connectivity index (χ4v) is 7.76. The number of hydrogen-bond acceptors (Lipinski definition) is 8.